The van der Waals surface area contributed by atoms with Gasteiger partial charge >= 0.3 is 5.97 Å². The minimum Gasteiger partial charge on any atom is -0.478 e. The van der Waals surface area contributed by atoms with E-state index in [4.69, 9.17) is 16.7 Å². The van der Waals surface area contributed by atoms with Crippen molar-refractivity contribution in [1.82, 2.24) is 9.38 Å². The number of nitrogens with one attached hydrogen (secondary N) is 1. The second-order valence-corrected chi connectivity index (χ2v) is 5.48. The van der Waals surface area contributed by atoms with E-state index in [1.165, 1.54) is 34.7 Å². The first-order chi connectivity index (χ1) is 11.4. The number of carboxylic acid groups (broad SMARTS) is 1. The van der Waals surface area contributed by atoms with Crippen molar-refractivity contribution >= 4 is 34.8 Å². The summed E-state index contributed by atoms with van der Waals surface area (Å²) in [5.41, 5.74) is 1.14. The number of carboxylic acids is 1. The lowest BCUT2D eigenvalue weighted by Crippen LogP contribution is -2.16. The summed E-state index contributed by atoms with van der Waals surface area (Å²) in [6, 6.07) is 6.82. The first-order valence-electron chi connectivity index (χ1n) is 6.85. The number of aryl methyl sites for hydroxylation is 1. The van der Waals surface area contributed by atoms with Crippen molar-refractivity contribution in [3.63, 3.8) is 0 Å². The van der Waals surface area contributed by atoms with Crippen LogP contribution < -0.4 is 5.32 Å². The normalized spacial score (nSPS) is 10.8. The molecule has 2 heterocycles. The molecule has 0 unspecified atom stereocenters. The summed E-state index contributed by atoms with van der Waals surface area (Å²) >= 11 is 5.80. The third-order valence-electron chi connectivity index (χ3n) is 3.43. The number of hydrogen-bond acceptors (Lipinski definition) is 3. The Bertz CT molecular complexity index is 984. The molecule has 2 aromatic heterocycles. The van der Waals surface area contributed by atoms with Gasteiger partial charge in [-0.1, -0.05) is 11.6 Å². The summed E-state index contributed by atoms with van der Waals surface area (Å²) in [7, 11) is 0. The number of aromatic carboxylic acids is 1. The maximum Gasteiger partial charge on any atom is 0.337 e. The van der Waals surface area contributed by atoms with Gasteiger partial charge in [0.15, 0.2) is 0 Å². The van der Waals surface area contributed by atoms with Gasteiger partial charge in [0.1, 0.15) is 17.2 Å². The molecule has 0 saturated heterocycles. The van der Waals surface area contributed by atoms with Gasteiger partial charge in [0.25, 0.3) is 5.91 Å². The molecule has 0 radical (unpaired) electrons. The van der Waals surface area contributed by atoms with Gasteiger partial charge in [-0.15, -0.1) is 0 Å². The topological polar surface area (TPSA) is 83.7 Å². The quantitative estimate of drug-likeness (QED) is 0.760. The maximum atomic E-state index is 13.4. The first-order valence-corrected chi connectivity index (χ1v) is 7.23. The number of carbonyl (C=O) groups excluding carboxylic acids is 1. The Morgan fingerprint density at radius 2 is 2.04 bits per heavy atom. The van der Waals surface area contributed by atoms with E-state index in [-0.39, 0.29) is 22.0 Å². The third-order valence-corrected chi connectivity index (χ3v) is 3.76. The highest BCUT2D eigenvalue weighted by Crippen LogP contribution is 2.22. The van der Waals surface area contributed by atoms with Crippen LogP contribution >= 0.6 is 11.6 Å². The molecular weight excluding hydrogens is 337 g/mol. The van der Waals surface area contributed by atoms with E-state index in [0.717, 1.165) is 6.20 Å². The van der Waals surface area contributed by atoms with Crippen LogP contribution in [0.15, 0.2) is 36.5 Å². The van der Waals surface area contributed by atoms with E-state index < -0.39 is 17.7 Å². The van der Waals surface area contributed by atoms with Gasteiger partial charge in [-0.3, -0.25) is 9.20 Å². The molecule has 0 aliphatic carbocycles. The van der Waals surface area contributed by atoms with Crippen molar-refractivity contribution in [2.45, 2.75) is 6.92 Å². The fourth-order valence-electron chi connectivity index (χ4n) is 2.37. The number of anilines is 1. The average Bonchev–Trinajstić information content (AvgIpc) is 2.84. The zero-order chi connectivity index (χ0) is 17.4. The predicted octanol–water partition coefficient (Wildman–Crippen LogP) is 3.39. The Morgan fingerprint density at radius 1 is 1.29 bits per heavy atom. The molecule has 0 aliphatic heterocycles. The molecule has 0 saturated carbocycles. The maximum absolute atomic E-state index is 13.4. The molecule has 0 fully saturated rings. The number of nitrogens with zero attached hydrogens (tertiary/aromatic N) is 2. The number of aromatic nitrogens is 2. The number of halogens is 2. The van der Waals surface area contributed by atoms with E-state index in [1.807, 2.05) is 0 Å². The lowest BCUT2D eigenvalue weighted by molar-refractivity contribution is 0.0696. The van der Waals surface area contributed by atoms with Crippen molar-refractivity contribution in [3.05, 3.63) is 64.3 Å². The molecule has 1 amide bonds. The van der Waals surface area contributed by atoms with E-state index in [9.17, 15) is 14.0 Å². The molecular formula is C16H11ClFN3O3. The standard InChI is InChI=1S/C16H11ClFN3O3/c1-8-14(21-7-9(18)2-5-13(21)19-8)15(22)20-10-3-4-12(17)11(6-10)16(23)24/h2-7H,1H3,(H,20,22)(H,23,24). The largest absolute Gasteiger partial charge is 0.478 e. The Hall–Kier alpha value is -2.93. The van der Waals surface area contributed by atoms with Crippen LogP contribution in [0.3, 0.4) is 0 Å². The van der Waals surface area contributed by atoms with E-state index in [0.29, 0.717) is 11.3 Å². The van der Waals surface area contributed by atoms with Gasteiger partial charge in [0, 0.05) is 11.9 Å². The number of imidazole rings is 1. The summed E-state index contributed by atoms with van der Waals surface area (Å²) in [6.45, 7) is 1.63. The Morgan fingerprint density at radius 3 is 2.75 bits per heavy atom. The van der Waals surface area contributed by atoms with Gasteiger partial charge in [-0.2, -0.15) is 0 Å². The zero-order valence-corrected chi connectivity index (χ0v) is 13.1. The molecule has 2 N–H and O–H groups in total. The van der Waals surface area contributed by atoms with Crippen LogP contribution in [0, 0.1) is 12.7 Å². The van der Waals surface area contributed by atoms with Crippen molar-refractivity contribution in [2.75, 3.05) is 5.32 Å². The second-order valence-electron chi connectivity index (χ2n) is 5.08. The van der Waals surface area contributed by atoms with Gasteiger partial charge in [-0.25, -0.2) is 14.2 Å². The number of amides is 1. The Balaban J connectivity index is 1.99. The Kier molecular flexibility index (Phi) is 3.94. The van der Waals surface area contributed by atoms with E-state index in [1.54, 1.807) is 6.92 Å². The summed E-state index contributed by atoms with van der Waals surface area (Å²) in [6.07, 6.45) is 1.16. The van der Waals surface area contributed by atoms with Crippen molar-refractivity contribution in [1.29, 1.82) is 0 Å². The molecule has 3 aromatic rings. The Labute approximate surface area is 140 Å². The van der Waals surface area contributed by atoms with Crippen LogP contribution in [0.25, 0.3) is 5.65 Å². The number of fused-ring (bicyclic) bond motifs is 1. The number of rotatable bonds is 3. The lowest BCUT2D eigenvalue weighted by atomic mass is 10.2. The molecule has 0 aliphatic rings. The molecule has 0 atom stereocenters. The van der Waals surface area contributed by atoms with Gasteiger partial charge in [0.05, 0.1) is 16.3 Å². The monoisotopic (exact) mass is 347 g/mol. The molecule has 122 valence electrons. The van der Waals surface area contributed by atoms with E-state index in [2.05, 4.69) is 10.3 Å². The number of pyridine rings is 1. The van der Waals surface area contributed by atoms with Crippen LogP contribution in [0.5, 0.6) is 0 Å². The number of benzene rings is 1. The van der Waals surface area contributed by atoms with E-state index >= 15 is 0 Å². The third kappa shape index (κ3) is 2.81. The van der Waals surface area contributed by atoms with Crippen molar-refractivity contribution in [3.8, 4) is 0 Å². The minimum absolute atomic E-state index is 0.0635. The fraction of sp³-hybridized carbons (Fsp3) is 0.0625. The summed E-state index contributed by atoms with van der Waals surface area (Å²) in [5.74, 6) is -2.25. The fourth-order valence-corrected chi connectivity index (χ4v) is 2.57. The predicted molar refractivity (Wildman–Crippen MR) is 86.3 cm³/mol. The average molecular weight is 348 g/mol. The lowest BCUT2D eigenvalue weighted by Gasteiger charge is -2.08. The van der Waals surface area contributed by atoms with Gasteiger partial charge < -0.3 is 10.4 Å². The van der Waals surface area contributed by atoms with Crippen LogP contribution in [0.2, 0.25) is 5.02 Å². The molecule has 0 bridgehead atoms. The highest BCUT2D eigenvalue weighted by Gasteiger charge is 2.18. The second kappa shape index (κ2) is 5.93. The van der Waals surface area contributed by atoms with Gasteiger partial charge in [0.2, 0.25) is 0 Å². The smallest absolute Gasteiger partial charge is 0.337 e. The first kappa shape index (κ1) is 15.9. The molecule has 3 rings (SSSR count). The minimum atomic E-state index is -1.20. The van der Waals surface area contributed by atoms with Crippen LogP contribution in [-0.2, 0) is 0 Å². The highest BCUT2D eigenvalue weighted by molar-refractivity contribution is 6.33. The highest BCUT2D eigenvalue weighted by atomic mass is 35.5. The summed E-state index contributed by atoms with van der Waals surface area (Å²) in [5, 5.41) is 11.7. The summed E-state index contributed by atoms with van der Waals surface area (Å²) in [4.78, 5) is 27.8. The van der Waals surface area contributed by atoms with Crippen LogP contribution in [0.4, 0.5) is 10.1 Å². The van der Waals surface area contributed by atoms with Crippen molar-refractivity contribution in [2.24, 2.45) is 0 Å². The number of carbonyl (C=O) groups is 2. The van der Waals surface area contributed by atoms with Crippen LogP contribution in [0.1, 0.15) is 26.5 Å². The molecule has 1 aromatic carbocycles. The molecule has 8 heteroatoms. The number of hydrogen-bond donors (Lipinski definition) is 2. The summed E-state index contributed by atoms with van der Waals surface area (Å²) < 4.78 is 14.8. The van der Waals surface area contributed by atoms with Gasteiger partial charge in [-0.05, 0) is 37.3 Å². The molecule has 0 spiro atoms. The zero-order valence-electron chi connectivity index (χ0n) is 12.4. The molecule has 6 nitrogen and oxygen atoms in total. The van der Waals surface area contributed by atoms with Crippen LogP contribution in [-0.4, -0.2) is 26.4 Å². The SMILES string of the molecule is Cc1nc2ccc(F)cn2c1C(=O)Nc1ccc(Cl)c(C(=O)O)c1. The molecule has 24 heavy (non-hydrogen) atoms. The van der Waals surface area contributed by atoms with Crippen molar-refractivity contribution < 1.29 is 19.1 Å².